The summed E-state index contributed by atoms with van der Waals surface area (Å²) in [4.78, 5) is 77.5. The Hall–Kier alpha value is -2.67. The SMILES string of the molecule is CC(C)CC(S)C(=O)N(C(=O)CNC(=O)[C@H](CC(C)C)NC(=O)[C@@H]1CCCN1)[C@@H](CC(C)C)C(=O)NCC(=O)O. The van der Waals surface area contributed by atoms with Gasteiger partial charge in [0, 0.05) is 0 Å². The highest BCUT2D eigenvalue weighted by Crippen LogP contribution is 2.19. The van der Waals surface area contributed by atoms with Crippen LogP contribution in [0.4, 0.5) is 0 Å². The fourth-order valence-electron chi connectivity index (χ4n) is 4.47. The summed E-state index contributed by atoms with van der Waals surface area (Å²) in [6.45, 7) is 10.6. The normalized spacial score (nSPS) is 17.3. The molecule has 0 radical (unpaired) electrons. The molecule has 1 aliphatic heterocycles. The van der Waals surface area contributed by atoms with E-state index < -0.39 is 60.0 Å². The van der Waals surface area contributed by atoms with Crippen LogP contribution in [-0.4, -0.2) is 88.5 Å². The number of rotatable bonds is 16. The third kappa shape index (κ3) is 12.2. The first-order valence-electron chi connectivity index (χ1n) is 14.0. The summed E-state index contributed by atoms with van der Waals surface area (Å²) in [7, 11) is 0. The second kappa shape index (κ2) is 17.2. The lowest BCUT2D eigenvalue weighted by atomic mass is 9.99. The average Bonchev–Trinajstić information content (AvgIpc) is 3.39. The van der Waals surface area contributed by atoms with Gasteiger partial charge in [0.25, 0.3) is 0 Å². The number of carboxylic acids is 1. The van der Waals surface area contributed by atoms with Crippen LogP contribution in [0.5, 0.6) is 0 Å². The maximum atomic E-state index is 13.5. The van der Waals surface area contributed by atoms with Crippen molar-refractivity contribution in [3.8, 4) is 0 Å². The standard InChI is InChI=1S/C27H47N5O7S/c1-15(2)10-19(31-25(37)18-8-7-9-28-18)24(36)29-13-22(33)32(27(39)21(40)12-17(5)6)20(11-16(3)4)26(38)30-14-23(34)35/h15-21,28,40H,7-14H2,1-6H3,(H,29,36)(H,30,38)(H,31,37)(H,34,35)/t18-,19-,20-,21?/m0/s1. The Bertz CT molecular complexity index is 906. The number of carboxylic acid groups (broad SMARTS) is 1. The Morgan fingerprint density at radius 1 is 0.875 bits per heavy atom. The number of hydrogen-bond acceptors (Lipinski definition) is 8. The Balaban J connectivity index is 3.17. The minimum Gasteiger partial charge on any atom is -0.480 e. The van der Waals surface area contributed by atoms with Crippen LogP contribution >= 0.6 is 12.6 Å². The molecule has 5 N–H and O–H groups in total. The summed E-state index contributed by atoms with van der Waals surface area (Å²) in [5, 5.41) is 18.7. The van der Waals surface area contributed by atoms with E-state index in [1.54, 1.807) is 13.8 Å². The molecule has 0 aromatic rings. The monoisotopic (exact) mass is 585 g/mol. The van der Waals surface area contributed by atoms with Crippen molar-refractivity contribution in [3.63, 3.8) is 0 Å². The Morgan fingerprint density at radius 2 is 1.45 bits per heavy atom. The van der Waals surface area contributed by atoms with E-state index in [1.165, 1.54) is 0 Å². The summed E-state index contributed by atoms with van der Waals surface area (Å²) in [6, 6.07) is -2.57. The molecule has 0 aromatic carbocycles. The highest BCUT2D eigenvalue weighted by Gasteiger charge is 2.38. The van der Waals surface area contributed by atoms with Crippen molar-refractivity contribution < 1.29 is 33.9 Å². The molecule has 228 valence electrons. The van der Waals surface area contributed by atoms with Gasteiger partial charge < -0.3 is 26.4 Å². The molecular weight excluding hydrogens is 538 g/mol. The summed E-state index contributed by atoms with van der Waals surface area (Å²) in [5.74, 6) is -4.46. The first-order chi connectivity index (χ1) is 18.6. The van der Waals surface area contributed by atoms with Crippen LogP contribution in [-0.2, 0) is 28.8 Å². The number of aliphatic carboxylic acids is 1. The molecule has 1 fully saturated rings. The van der Waals surface area contributed by atoms with Crippen LogP contribution in [0.3, 0.4) is 0 Å². The van der Waals surface area contributed by atoms with E-state index in [0.29, 0.717) is 19.3 Å². The van der Waals surface area contributed by atoms with Crippen LogP contribution in [0.25, 0.3) is 0 Å². The molecule has 0 aromatic heterocycles. The van der Waals surface area contributed by atoms with Crippen molar-refractivity contribution in [2.45, 2.75) is 97.0 Å². The fraction of sp³-hybridized carbons (Fsp3) is 0.778. The molecule has 13 heteroatoms. The zero-order valence-corrected chi connectivity index (χ0v) is 25.4. The number of nitrogens with one attached hydrogen (secondary N) is 4. The summed E-state index contributed by atoms with van der Waals surface area (Å²) >= 11 is 4.39. The van der Waals surface area contributed by atoms with Crippen LogP contribution in [0.1, 0.15) is 73.6 Å². The van der Waals surface area contributed by atoms with Gasteiger partial charge in [-0.1, -0.05) is 41.5 Å². The largest absolute Gasteiger partial charge is 0.480 e. The molecule has 5 amide bonds. The fourth-order valence-corrected chi connectivity index (χ4v) is 5.02. The molecular formula is C27H47N5O7S. The Morgan fingerprint density at radius 3 is 1.95 bits per heavy atom. The molecule has 0 saturated carbocycles. The van der Waals surface area contributed by atoms with Gasteiger partial charge in [-0.05, 0) is 56.4 Å². The zero-order chi connectivity index (χ0) is 30.6. The van der Waals surface area contributed by atoms with Gasteiger partial charge in [-0.15, -0.1) is 0 Å². The first kappa shape index (κ1) is 35.4. The topological polar surface area (TPSA) is 174 Å². The lowest BCUT2D eigenvalue weighted by Gasteiger charge is -2.32. The van der Waals surface area contributed by atoms with Gasteiger partial charge in [-0.3, -0.25) is 33.7 Å². The molecule has 4 atom stereocenters. The number of carbonyl (C=O) groups excluding carboxylic acids is 5. The van der Waals surface area contributed by atoms with E-state index in [0.717, 1.165) is 17.9 Å². The molecule has 1 unspecified atom stereocenters. The van der Waals surface area contributed by atoms with Crippen LogP contribution in [0, 0.1) is 17.8 Å². The summed E-state index contributed by atoms with van der Waals surface area (Å²) < 4.78 is 0. The van der Waals surface area contributed by atoms with Crippen molar-refractivity contribution in [2.75, 3.05) is 19.6 Å². The Labute approximate surface area is 242 Å². The van der Waals surface area contributed by atoms with Gasteiger partial charge in [0.2, 0.25) is 29.5 Å². The lowest BCUT2D eigenvalue weighted by molar-refractivity contribution is -0.152. The second-order valence-electron chi connectivity index (χ2n) is 11.6. The van der Waals surface area contributed by atoms with Crippen LogP contribution in [0.2, 0.25) is 0 Å². The lowest BCUT2D eigenvalue weighted by Crippen LogP contribution is -2.58. The van der Waals surface area contributed by atoms with E-state index in [9.17, 15) is 28.8 Å². The van der Waals surface area contributed by atoms with Gasteiger partial charge in [-0.2, -0.15) is 12.6 Å². The van der Waals surface area contributed by atoms with E-state index in [4.69, 9.17) is 5.11 Å². The highest BCUT2D eigenvalue weighted by molar-refractivity contribution is 7.81. The van der Waals surface area contributed by atoms with Crippen molar-refractivity contribution in [2.24, 2.45) is 17.8 Å². The smallest absolute Gasteiger partial charge is 0.322 e. The quantitative estimate of drug-likeness (QED) is 0.144. The van der Waals surface area contributed by atoms with Gasteiger partial charge in [0.15, 0.2) is 0 Å². The molecule has 1 heterocycles. The van der Waals surface area contributed by atoms with Gasteiger partial charge >= 0.3 is 5.97 Å². The molecule has 0 aliphatic carbocycles. The predicted molar refractivity (Wildman–Crippen MR) is 153 cm³/mol. The third-order valence-corrected chi connectivity index (χ3v) is 6.77. The molecule has 1 rings (SSSR count). The molecule has 0 spiro atoms. The number of carbonyl (C=O) groups is 6. The van der Waals surface area contributed by atoms with Crippen molar-refractivity contribution in [1.29, 1.82) is 0 Å². The average molecular weight is 586 g/mol. The van der Waals surface area contributed by atoms with E-state index in [1.807, 2.05) is 27.7 Å². The second-order valence-corrected chi connectivity index (χ2v) is 12.2. The van der Waals surface area contributed by atoms with Crippen LogP contribution < -0.4 is 21.3 Å². The summed E-state index contributed by atoms with van der Waals surface area (Å²) in [6.07, 6.45) is 2.28. The maximum Gasteiger partial charge on any atom is 0.322 e. The van der Waals surface area contributed by atoms with Crippen molar-refractivity contribution >= 4 is 48.1 Å². The number of nitrogens with zero attached hydrogens (tertiary/aromatic N) is 1. The van der Waals surface area contributed by atoms with Crippen molar-refractivity contribution in [3.05, 3.63) is 0 Å². The number of thiol groups is 1. The zero-order valence-electron chi connectivity index (χ0n) is 24.5. The van der Waals surface area contributed by atoms with Gasteiger partial charge in [-0.25, -0.2) is 0 Å². The maximum absolute atomic E-state index is 13.5. The molecule has 1 saturated heterocycles. The number of amides is 5. The van der Waals surface area contributed by atoms with Gasteiger partial charge in [0.05, 0.1) is 17.8 Å². The van der Waals surface area contributed by atoms with Crippen LogP contribution in [0.15, 0.2) is 0 Å². The highest BCUT2D eigenvalue weighted by atomic mass is 32.1. The minimum absolute atomic E-state index is 0.0655. The summed E-state index contributed by atoms with van der Waals surface area (Å²) in [5.41, 5.74) is 0. The van der Waals surface area contributed by atoms with E-state index in [2.05, 4.69) is 33.9 Å². The Kier molecular flexibility index (Phi) is 15.2. The van der Waals surface area contributed by atoms with Crippen molar-refractivity contribution in [1.82, 2.24) is 26.2 Å². The first-order valence-corrected chi connectivity index (χ1v) is 14.5. The van der Waals surface area contributed by atoms with E-state index in [-0.39, 0.29) is 36.1 Å². The molecule has 1 aliphatic rings. The molecule has 12 nitrogen and oxygen atoms in total. The van der Waals surface area contributed by atoms with Gasteiger partial charge in [0.1, 0.15) is 18.6 Å². The predicted octanol–water partition coefficient (Wildman–Crippen LogP) is 0.701. The van der Waals surface area contributed by atoms with E-state index >= 15 is 0 Å². The third-order valence-electron chi connectivity index (χ3n) is 6.34. The number of imide groups is 1. The minimum atomic E-state index is -1.29. The number of hydrogen-bond donors (Lipinski definition) is 6. The molecule has 0 bridgehead atoms. The molecule has 40 heavy (non-hydrogen) atoms.